The second-order valence-corrected chi connectivity index (χ2v) is 5.52. The van der Waals surface area contributed by atoms with E-state index in [2.05, 4.69) is 4.90 Å². The van der Waals surface area contributed by atoms with Crippen LogP contribution in [0.15, 0.2) is 21.3 Å². The van der Waals surface area contributed by atoms with Gasteiger partial charge in [0.05, 0.1) is 17.2 Å². The molecule has 0 fully saturated rings. The van der Waals surface area contributed by atoms with Crippen LogP contribution in [0.5, 0.6) is 5.75 Å². The maximum atomic E-state index is 11.7. The molecule has 0 N–H and O–H groups in total. The standard InChI is InChI=1S/C15H16ClNO4/c1-9-5-13(18)21-14-10(9)6-12(16)15-11(14)7-17(8-20-15)3-4-19-2/h5-6H,3-4,7-8H2,1-2H3. The second kappa shape index (κ2) is 5.67. The Morgan fingerprint density at radius 2 is 2.24 bits per heavy atom. The first-order valence-electron chi connectivity index (χ1n) is 6.70. The molecule has 1 aromatic heterocycles. The van der Waals surface area contributed by atoms with Gasteiger partial charge in [0.1, 0.15) is 18.1 Å². The fraction of sp³-hybridized carbons (Fsp3) is 0.400. The maximum Gasteiger partial charge on any atom is 0.336 e. The van der Waals surface area contributed by atoms with Crippen molar-refractivity contribution in [3.8, 4) is 5.75 Å². The van der Waals surface area contributed by atoms with Gasteiger partial charge in [0.2, 0.25) is 0 Å². The molecule has 5 nitrogen and oxygen atoms in total. The number of rotatable bonds is 3. The number of ether oxygens (including phenoxy) is 2. The highest BCUT2D eigenvalue weighted by Crippen LogP contribution is 2.38. The number of aryl methyl sites for hydroxylation is 1. The summed E-state index contributed by atoms with van der Waals surface area (Å²) < 4.78 is 16.2. The van der Waals surface area contributed by atoms with E-state index in [0.29, 0.717) is 36.2 Å². The number of fused-ring (bicyclic) bond motifs is 3. The fourth-order valence-electron chi connectivity index (χ4n) is 2.55. The Kier molecular flexibility index (Phi) is 3.89. The molecule has 0 aliphatic carbocycles. The molecule has 112 valence electrons. The lowest BCUT2D eigenvalue weighted by atomic mass is 10.0. The largest absolute Gasteiger partial charge is 0.476 e. The van der Waals surface area contributed by atoms with Crippen LogP contribution in [0.2, 0.25) is 5.02 Å². The molecule has 2 heterocycles. The quantitative estimate of drug-likeness (QED) is 0.816. The van der Waals surface area contributed by atoms with E-state index in [0.717, 1.165) is 23.1 Å². The van der Waals surface area contributed by atoms with Crippen molar-refractivity contribution in [2.75, 3.05) is 27.0 Å². The van der Waals surface area contributed by atoms with Gasteiger partial charge in [0.25, 0.3) is 0 Å². The summed E-state index contributed by atoms with van der Waals surface area (Å²) in [4.78, 5) is 13.7. The molecule has 0 saturated heterocycles. The third kappa shape index (κ3) is 2.64. The van der Waals surface area contributed by atoms with Gasteiger partial charge in [-0.3, -0.25) is 4.90 Å². The SMILES string of the molecule is COCCN1COc2c(Cl)cc3c(C)cc(=O)oc3c2C1. The summed E-state index contributed by atoms with van der Waals surface area (Å²) in [5.74, 6) is 0.603. The molecule has 0 atom stereocenters. The summed E-state index contributed by atoms with van der Waals surface area (Å²) in [5, 5.41) is 1.39. The van der Waals surface area contributed by atoms with Gasteiger partial charge in [-0.25, -0.2) is 4.79 Å². The predicted octanol–water partition coefficient (Wildman–Crippen LogP) is 2.55. The van der Waals surface area contributed by atoms with E-state index in [9.17, 15) is 4.79 Å². The van der Waals surface area contributed by atoms with Gasteiger partial charge in [-0.1, -0.05) is 11.6 Å². The molecule has 0 amide bonds. The molecular weight excluding hydrogens is 294 g/mol. The summed E-state index contributed by atoms with van der Waals surface area (Å²) in [7, 11) is 1.66. The van der Waals surface area contributed by atoms with E-state index in [1.807, 2.05) is 6.92 Å². The predicted molar refractivity (Wildman–Crippen MR) is 80.0 cm³/mol. The summed E-state index contributed by atoms with van der Waals surface area (Å²) >= 11 is 6.30. The molecule has 0 saturated carbocycles. The van der Waals surface area contributed by atoms with E-state index < -0.39 is 0 Å². The third-order valence-electron chi connectivity index (χ3n) is 3.63. The zero-order valence-corrected chi connectivity index (χ0v) is 12.7. The zero-order chi connectivity index (χ0) is 15.0. The molecule has 1 aliphatic heterocycles. The van der Waals surface area contributed by atoms with Crippen molar-refractivity contribution < 1.29 is 13.9 Å². The van der Waals surface area contributed by atoms with Crippen molar-refractivity contribution in [1.29, 1.82) is 0 Å². The van der Waals surface area contributed by atoms with E-state index in [-0.39, 0.29) is 5.63 Å². The molecule has 6 heteroatoms. The number of hydrogen-bond acceptors (Lipinski definition) is 5. The Hall–Kier alpha value is -1.56. The number of halogens is 1. The van der Waals surface area contributed by atoms with E-state index in [1.165, 1.54) is 6.07 Å². The van der Waals surface area contributed by atoms with E-state index in [4.69, 9.17) is 25.5 Å². The summed E-state index contributed by atoms with van der Waals surface area (Å²) in [5.41, 5.74) is 1.86. The van der Waals surface area contributed by atoms with Gasteiger partial charge in [-0.05, 0) is 18.6 Å². The Morgan fingerprint density at radius 3 is 3.00 bits per heavy atom. The lowest BCUT2D eigenvalue weighted by Gasteiger charge is -2.29. The van der Waals surface area contributed by atoms with Crippen molar-refractivity contribution in [3.05, 3.63) is 38.7 Å². The van der Waals surface area contributed by atoms with Gasteiger partial charge in [0, 0.05) is 31.7 Å². The Bertz CT molecular complexity index is 741. The van der Waals surface area contributed by atoms with Crippen molar-refractivity contribution in [2.24, 2.45) is 0 Å². The first-order valence-corrected chi connectivity index (χ1v) is 7.08. The zero-order valence-electron chi connectivity index (χ0n) is 11.9. The van der Waals surface area contributed by atoms with Gasteiger partial charge < -0.3 is 13.9 Å². The molecule has 3 rings (SSSR count). The molecular formula is C15H16ClNO4. The summed E-state index contributed by atoms with van der Waals surface area (Å²) in [6.45, 7) is 4.27. The Balaban J connectivity index is 2.13. The molecule has 0 unspecified atom stereocenters. The van der Waals surface area contributed by atoms with Gasteiger partial charge in [-0.2, -0.15) is 0 Å². The number of methoxy groups -OCH3 is 1. The van der Waals surface area contributed by atoms with Crippen LogP contribution in [0.4, 0.5) is 0 Å². The Labute approximate surface area is 127 Å². The van der Waals surface area contributed by atoms with Crippen LogP contribution >= 0.6 is 11.6 Å². The van der Waals surface area contributed by atoms with Crippen molar-refractivity contribution in [3.63, 3.8) is 0 Å². The first-order chi connectivity index (χ1) is 10.1. The van der Waals surface area contributed by atoms with Crippen LogP contribution in [-0.2, 0) is 11.3 Å². The van der Waals surface area contributed by atoms with Gasteiger partial charge in [0.15, 0.2) is 0 Å². The smallest absolute Gasteiger partial charge is 0.336 e. The van der Waals surface area contributed by atoms with Gasteiger partial charge >= 0.3 is 5.63 Å². The van der Waals surface area contributed by atoms with E-state index in [1.54, 1.807) is 13.2 Å². The van der Waals surface area contributed by atoms with Crippen LogP contribution in [0.1, 0.15) is 11.1 Å². The molecule has 0 spiro atoms. The summed E-state index contributed by atoms with van der Waals surface area (Å²) in [6.07, 6.45) is 0. The van der Waals surface area contributed by atoms with Crippen LogP contribution in [0, 0.1) is 6.92 Å². The minimum Gasteiger partial charge on any atom is -0.476 e. The fourth-order valence-corrected chi connectivity index (χ4v) is 2.83. The molecule has 1 aliphatic rings. The lowest BCUT2D eigenvalue weighted by molar-refractivity contribution is 0.0659. The molecule has 1 aromatic carbocycles. The minimum atomic E-state index is -0.362. The van der Waals surface area contributed by atoms with Crippen LogP contribution in [-0.4, -0.2) is 31.9 Å². The van der Waals surface area contributed by atoms with Crippen molar-refractivity contribution in [2.45, 2.75) is 13.5 Å². The molecule has 0 bridgehead atoms. The number of benzene rings is 1. The average Bonchev–Trinajstić information content (AvgIpc) is 2.46. The summed E-state index contributed by atoms with van der Waals surface area (Å²) in [6, 6.07) is 3.26. The second-order valence-electron chi connectivity index (χ2n) is 5.11. The number of nitrogens with zero attached hydrogens (tertiary/aromatic N) is 1. The highest BCUT2D eigenvalue weighted by Gasteiger charge is 2.24. The topological polar surface area (TPSA) is 51.9 Å². The number of hydrogen-bond donors (Lipinski definition) is 0. The first kappa shape index (κ1) is 14.4. The maximum absolute atomic E-state index is 11.7. The molecule has 21 heavy (non-hydrogen) atoms. The van der Waals surface area contributed by atoms with Crippen molar-refractivity contribution in [1.82, 2.24) is 4.90 Å². The van der Waals surface area contributed by atoms with Gasteiger partial charge in [-0.15, -0.1) is 0 Å². The van der Waals surface area contributed by atoms with Crippen LogP contribution in [0.3, 0.4) is 0 Å². The highest BCUT2D eigenvalue weighted by molar-refractivity contribution is 6.33. The van der Waals surface area contributed by atoms with Crippen molar-refractivity contribution >= 4 is 22.6 Å². The minimum absolute atomic E-state index is 0.362. The van der Waals surface area contributed by atoms with E-state index >= 15 is 0 Å². The Morgan fingerprint density at radius 1 is 1.43 bits per heavy atom. The molecule has 0 radical (unpaired) electrons. The highest BCUT2D eigenvalue weighted by atomic mass is 35.5. The monoisotopic (exact) mass is 309 g/mol. The normalized spacial score (nSPS) is 15.0. The lowest BCUT2D eigenvalue weighted by Crippen LogP contribution is -2.34. The molecule has 2 aromatic rings. The van der Waals surface area contributed by atoms with Crippen LogP contribution in [0.25, 0.3) is 11.0 Å². The third-order valence-corrected chi connectivity index (χ3v) is 3.91. The van der Waals surface area contributed by atoms with Crippen LogP contribution < -0.4 is 10.4 Å². The average molecular weight is 310 g/mol.